The number of hydrogen-bond acceptors (Lipinski definition) is 5. The summed E-state index contributed by atoms with van der Waals surface area (Å²) >= 11 is 0. The van der Waals surface area contributed by atoms with Gasteiger partial charge in [-0.15, -0.1) is 0 Å². The zero-order valence-corrected chi connectivity index (χ0v) is 15.9. The number of ether oxygens (including phenoxy) is 2. The highest BCUT2D eigenvalue weighted by Crippen LogP contribution is 2.05. The first-order valence-electron chi connectivity index (χ1n) is 9.46. The highest BCUT2D eigenvalue weighted by molar-refractivity contribution is 4.73. The Morgan fingerprint density at radius 1 is 0.913 bits per heavy atom. The van der Waals surface area contributed by atoms with Crippen molar-refractivity contribution in [3.8, 4) is 0 Å². The number of nitrogens with one attached hydrogen (secondary N) is 1. The average Bonchev–Trinajstić information content (AvgIpc) is 2.56. The molecule has 0 aromatic heterocycles. The van der Waals surface area contributed by atoms with E-state index in [2.05, 4.69) is 42.8 Å². The van der Waals surface area contributed by atoms with Gasteiger partial charge in [-0.3, -0.25) is 9.80 Å². The largest absolute Gasteiger partial charge is 0.378 e. The molecule has 0 bridgehead atoms. The van der Waals surface area contributed by atoms with Gasteiger partial charge in [-0.25, -0.2) is 0 Å². The highest BCUT2D eigenvalue weighted by Gasteiger charge is 2.17. The van der Waals surface area contributed by atoms with E-state index in [0.717, 1.165) is 38.8 Å². The van der Waals surface area contributed by atoms with Gasteiger partial charge in [0.15, 0.2) is 0 Å². The molecule has 0 aliphatic carbocycles. The van der Waals surface area contributed by atoms with Gasteiger partial charge in [0.05, 0.1) is 26.4 Å². The second-order valence-electron chi connectivity index (χ2n) is 6.91. The number of nitrogens with zero attached hydrogens (tertiary/aromatic N) is 2. The van der Waals surface area contributed by atoms with Gasteiger partial charge >= 0.3 is 0 Å². The first-order chi connectivity index (χ1) is 11.1. The normalized spacial score (nSPS) is 18.7. The van der Waals surface area contributed by atoms with Crippen LogP contribution >= 0.6 is 0 Å². The number of piperazine rings is 1. The lowest BCUT2D eigenvalue weighted by Crippen LogP contribution is -2.49. The van der Waals surface area contributed by atoms with Crippen LogP contribution in [0.4, 0.5) is 0 Å². The monoisotopic (exact) mass is 329 g/mol. The van der Waals surface area contributed by atoms with E-state index in [1.165, 1.54) is 32.6 Å². The molecular formula is C18H39N3O2. The van der Waals surface area contributed by atoms with Crippen molar-refractivity contribution in [2.45, 2.75) is 40.2 Å². The van der Waals surface area contributed by atoms with Crippen LogP contribution in [0.25, 0.3) is 0 Å². The minimum Gasteiger partial charge on any atom is -0.378 e. The van der Waals surface area contributed by atoms with Gasteiger partial charge in [-0.05, 0) is 26.3 Å². The van der Waals surface area contributed by atoms with Crippen LogP contribution in [0.5, 0.6) is 0 Å². The first-order valence-corrected chi connectivity index (χ1v) is 9.46. The molecule has 0 aromatic carbocycles. The van der Waals surface area contributed by atoms with Gasteiger partial charge in [-0.2, -0.15) is 0 Å². The lowest BCUT2D eigenvalue weighted by molar-refractivity contribution is 0.0300. The minimum atomic E-state index is 0.672. The average molecular weight is 330 g/mol. The summed E-state index contributed by atoms with van der Waals surface area (Å²) in [4.78, 5) is 5.04. The molecule has 1 unspecified atom stereocenters. The molecule has 23 heavy (non-hydrogen) atoms. The van der Waals surface area contributed by atoms with E-state index in [9.17, 15) is 0 Å². The van der Waals surface area contributed by atoms with Gasteiger partial charge in [0.2, 0.25) is 0 Å². The van der Waals surface area contributed by atoms with Gasteiger partial charge in [0.25, 0.3) is 0 Å². The van der Waals surface area contributed by atoms with Crippen molar-refractivity contribution >= 4 is 0 Å². The fraction of sp³-hybridized carbons (Fsp3) is 1.00. The molecule has 1 aliphatic heterocycles. The van der Waals surface area contributed by atoms with Crippen molar-refractivity contribution < 1.29 is 9.47 Å². The summed E-state index contributed by atoms with van der Waals surface area (Å²) in [5.74, 6) is 0.751. The second-order valence-corrected chi connectivity index (χ2v) is 6.91. The van der Waals surface area contributed by atoms with E-state index >= 15 is 0 Å². The van der Waals surface area contributed by atoms with Gasteiger partial charge in [0.1, 0.15) is 0 Å². The predicted octanol–water partition coefficient (Wildman–Crippen LogP) is 1.68. The second kappa shape index (κ2) is 13.1. The minimum absolute atomic E-state index is 0.672. The van der Waals surface area contributed by atoms with E-state index in [1.807, 2.05) is 0 Å². The number of hydrogen-bond donors (Lipinski definition) is 1. The maximum Gasteiger partial charge on any atom is 0.0701 e. The Bertz CT molecular complexity index is 269. The van der Waals surface area contributed by atoms with Crippen LogP contribution in [0.15, 0.2) is 0 Å². The zero-order valence-electron chi connectivity index (χ0n) is 15.9. The smallest absolute Gasteiger partial charge is 0.0701 e. The third-order valence-corrected chi connectivity index (χ3v) is 4.67. The summed E-state index contributed by atoms with van der Waals surface area (Å²) in [5, 5.41) is 3.42. The first kappa shape index (κ1) is 20.8. The van der Waals surface area contributed by atoms with Gasteiger partial charge in [0, 0.05) is 45.3 Å². The SMILES string of the molecule is CCC(C)CNCCOCCOCCN1CCN(C(C)C)CC1. The molecule has 0 radical (unpaired) electrons. The van der Waals surface area contributed by atoms with Crippen LogP contribution in [-0.2, 0) is 9.47 Å². The molecule has 5 heteroatoms. The van der Waals surface area contributed by atoms with Crippen LogP contribution in [0.2, 0.25) is 0 Å². The summed E-state index contributed by atoms with van der Waals surface area (Å²) in [5.41, 5.74) is 0. The summed E-state index contributed by atoms with van der Waals surface area (Å²) < 4.78 is 11.2. The fourth-order valence-corrected chi connectivity index (χ4v) is 2.66. The third kappa shape index (κ3) is 10.3. The van der Waals surface area contributed by atoms with Crippen LogP contribution in [0.3, 0.4) is 0 Å². The Kier molecular flexibility index (Phi) is 11.9. The number of rotatable bonds is 13. The quantitative estimate of drug-likeness (QED) is 0.520. The van der Waals surface area contributed by atoms with Crippen molar-refractivity contribution in [2.24, 2.45) is 5.92 Å². The van der Waals surface area contributed by atoms with Crippen molar-refractivity contribution in [3.63, 3.8) is 0 Å². The molecule has 0 amide bonds. The van der Waals surface area contributed by atoms with Gasteiger partial charge < -0.3 is 14.8 Å². The molecule has 1 atom stereocenters. The van der Waals surface area contributed by atoms with Crippen molar-refractivity contribution in [1.82, 2.24) is 15.1 Å². The lowest BCUT2D eigenvalue weighted by atomic mass is 10.1. The standard InChI is InChI=1S/C18H39N3O2/c1-5-18(4)16-19-6-12-22-14-15-23-13-11-20-7-9-21(10-8-20)17(2)3/h17-19H,5-16H2,1-4H3. The van der Waals surface area contributed by atoms with Crippen LogP contribution in [0.1, 0.15) is 34.1 Å². The molecule has 1 aliphatic rings. The predicted molar refractivity (Wildman–Crippen MR) is 97.1 cm³/mol. The van der Waals surface area contributed by atoms with Crippen LogP contribution in [0, 0.1) is 5.92 Å². The summed E-state index contributed by atoms with van der Waals surface area (Å²) in [6.07, 6.45) is 1.23. The van der Waals surface area contributed by atoms with Crippen LogP contribution in [-0.4, -0.2) is 88.1 Å². The molecule has 1 N–H and O–H groups in total. The van der Waals surface area contributed by atoms with Crippen molar-refractivity contribution in [1.29, 1.82) is 0 Å². The van der Waals surface area contributed by atoms with E-state index in [-0.39, 0.29) is 0 Å². The van der Waals surface area contributed by atoms with E-state index in [0.29, 0.717) is 19.3 Å². The fourth-order valence-electron chi connectivity index (χ4n) is 2.66. The van der Waals surface area contributed by atoms with Crippen LogP contribution < -0.4 is 5.32 Å². The maximum absolute atomic E-state index is 5.67. The van der Waals surface area contributed by atoms with Crippen molar-refractivity contribution in [3.05, 3.63) is 0 Å². The summed E-state index contributed by atoms with van der Waals surface area (Å²) in [6, 6.07) is 0.672. The molecule has 5 nitrogen and oxygen atoms in total. The molecule has 0 saturated carbocycles. The summed E-state index contributed by atoms with van der Waals surface area (Å²) in [7, 11) is 0. The molecule has 1 heterocycles. The molecule has 0 aromatic rings. The molecule has 0 spiro atoms. The Morgan fingerprint density at radius 3 is 2.17 bits per heavy atom. The maximum atomic E-state index is 5.67. The molecule has 1 saturated heterocycles. The Hall–Kier alpha value is -0.200. The van der Waals surface area contributed by atoms with E-state index in [4.69, 9.17) is 9.47 Å². The Labute approximate surface area is 143 Å². The molecule has 138 valence electrons. The molecule has 1 fully saturated rings. The van der Waals surface area contributed by atoms with E-state index < -0.39 is 0 Å². The highest BCUT2D eigenvalue weighted by atomic mass is 16.5. The third-order valence-electron chi connectivity index (χ3n) is 4.67. The van der Waals surface area contributed by atoms with E-state index in [1.54, 1.807) is 0 Å². The lowest BCUT2D eigenvalue weighted by Gasteiger charge is -2.36. The summed E-state index contributed by atoms with van der Waals surface area (Å²) in [6.45, 7) is 19.8. The van der Waals surface area contributed by atoms with Crippen molar-refractivity contribution in [2.75, 3.05) is 72.2 Å². The Balaban J connectivity index is 1.82. The molecule has 1 rings (SSSR count). The molecular weight excluding hydrogens is 290 g/mol. The van der Waals surface area contributed by atoms with Gasteiger partial charge in [-0.1, -0.05) is 20.3 Å². The zero-order chi connectivity index (χ0) is 16.9. The topological polar surface area (TPSA) is 37.0 Å². The Morgan fingerprint density at radius 2 is 1.57 bits per heavy atom.